The second-order valence-corrected chi connectivity index (χ2v) is 5.85. The van der Waals surface area contributed by atoms with Crippen molar-refractivity contribution in [2.24, 2.45) is 0 Å². The number of hydrogen-bond donors (Lipinski definition) is 2. The highest BCUT2D eigenvalue weighted by molar-refractivity contribution is 5.96. The van der Waals surface area contributed by atoms with E-state index in [1.54, 1.807) is 25.1 Å². The van der Waals surface area contributed by atoms with Crippen LogP contribution in [0, 0.1) is 0 Å². The second-order valence-electron chi connectivity index (χ2n) is 5.85. The van der Waals surface area contributed by atoms with E-state index in [0.717, 1.165) is 0 Å². The molecule has 3 rings (SSSR count). The summed E-state index contributed by atoms with van der Waals surface area (Å²) in [6, 6.07) is 10.4. The van der Waals surface area contributed by atoms with E-state index in [0.29, 0.717) is 22.9 Å². The molecule has 0 radical (unpaired) electrons. The molecule has 0 saturated carbocycles. The van der Waals surface area contributed by atoms with Crippen LogP contribution >= 0.6 is 0 Å². The monoisotopic (exact) mass is 382 g/mol. The maximum atomic E-state index is 12.3. The summed E-state index contributed by atoms with van der Waals surface area (Å²) in [4.78, 5) is 12.3. The molecule has 0 aliphatic carbocycles. The SMILES string of the molecule is CC(Nc1ccc(OCC(F)(F)F)cc1)C(=O)Nc1ccc2c(c1)OCO2. The molecule has 2 aromatic carbocycles. The van der Waals surface area contributed by atoms with Crippen molar-refractivity contribution in [1.82, 2.24) is 0 Å². The summed E-state index contributed by atoms with van der Waals surface area (Å²) in [5.41, 5.74) is 1.14. The van der Waals surface area contributed by atoms with Crippen LogP contribution in [0.4, 0.5) is 24.5 Å². The van der Waals surface area contributed by atoms with Gasteiger partial charge < -0.3 is 24.8 Å². The van der Waals surface area contributed by atoms with Crippen molar-refractivity contribution in [3.8, 4) is 17.2 Å². The lowest BCUT2D eigenvalue weighted by Gasteiger charge is -2.16. The molecular weight excluding hydrogens is 365 g/mol. The number of carbonyl (C=O) groups excluding carboxylic acids is 1. The van der Waals surface area contributed by atoms with Gasteiger partial charge in [0, 0.05) is 17.4 Å². The van der Waals surface area contributed by atoms with Gasteiger partial charge in [-0.25, -0.2) is 0 Å². The normalized spacial score (nSPS) is 13.8. The van der Waals surface area contributed by atoms with Crippen LogP contribution in [0.2, 0.25) is 0 Å². The topological polar surface area (TPSA) is 68.8 Å². The number of ether oxygens (including phenoxy) is 3. The Morgan fingerprint density at radius 3 is 2.48 bits per heavy atom. The van der Waals surface area contributed by atoms with Crippen LogP contribution in [-0.2, 0) is 4.79 Å². The maximum Gasteiger partial charge on any atom is 0.422 e. The third kappa shape index (κ3) is 5.19. The van der Waals surface area contributed by atoms with Gasteiger partial charge in [0.25, 0.3) is 0 Å². The molecule has 0 bridgehead atoms. The fourth-order valence-electron chi connectivity index (χ4n) is 2.35. The van der Waals surface area contributed by atoms with E-state index < -0.39 is 18.8 Å². The van der Waals surface area contributed by atoms with Crippen molar-refractivity contribution in [2.75, 3.05) is 24.0 Å². The Morgan fingerprint density at radius 2 is 1.78 bits per heavy atom. The fourth-order valence-corrected chi connectivity index (χ4v) is 2.35. The van der Waals surface area contributed by atoms with Gasteiger partial charge in [0.1, 0.15) is 11.8 Å². The zero-order valence-electron chi connectivity index (χ0n) is 14.3. The number of nitrogens with one attached hydrogen (secondary N) is 2. The summed E-state index contributed by atoms with van der Waals surface area (Å²) >= 11 is 0. The third-order valence-corrected chi connectivity index (χ3v) is 3.67. The summed E-state index contributed by atoms with van der Waals surface area (Å²) in [5.74, 6) is 0.983. The van der Waals surface area contributed by atoms with Gasteiger partial charge in [-0.2, -0.15) is 13.2 Å². The molecule has 1 aliphatic rings. The Bertz CT molecular complexity index is 809. The predicted molar refractivity (Wildman–Crippen MR) is 92.3 cm³/mol. The van der Waals surface area contributed by atoms with Crippen molar-refractivity contribution in [3.05, 3.63) is 42.5 Å². The maximum absolute atomic E-state index is 12.3. The van der Waals surface area contributed by atoms with E-state index in [1.165, 1.54) is 24.3 Å². The largest absolute Gasteiger partial charge is 0.484 e. The zero-order chi connectivity index (χ0) is 19.4. The third-order valence-electron chi connectivity index (χ3n) is 3.67. The number of fused-ring (bicyclic) bond motifs is 1. The van der Waals surface area contributed by atoms with E-state index in [-0.39, 0.29) is 18.4 Å². The Labute approximate surface area is 153 Å². The van der Waals surface area contributed by atoms with Gasteiger partial charge >= 0.3 is 6.18 Å². The molecule has 0 aromatic heterocycles. The summed E-state index contributed by atoms with van der Waals surface area (Å²) < 4.78 is 51.5. The van der Waals surface area contributed by atoms with Gasteiger partial charge in [-0.15, -0.1) is 0 Å². The smallest absolute Gasteiger partial charge is 0.422 e. The van der Waals surface area contributed by atoms with Crippen LogP contribution in [0.5, 0.6) is 17.2 Å². The van der Waals surface area contributed by atoms with E-state index in [4.69, 9.17) is 9.47 Å². The highest BCUT2D eigenvalue weighted by atomic mass is 19.4. The van der Waals surface area contributed by atoms with Gasteiger partial charge in [-0.3, -0.25) is 4.79 Å². The highest BCUT2D eigenvalue weighted by Crippen LogP contribution is 2.34. The fraction of sp³-hybridized carbons (Fsp3) is 0.278. The lowest BCUT2D eigenvalue weighted by molar-refractivity contribution is -0.153. The van der Waals surface area contributed by atoms with E-state index >= 15 is 0 Å². The lowest BCUT2D eigenvalue weighted by Crippen LogP contribution is -2.31. The van der Waals surface area contributed by atoms with Gasteiger partial charge in [0.2, 0.25) is 12.7 Å². The summed E-state index contributed by atoms with van der Waals surface area (Å²) in [5, 5.41) is 5.72. The van der Waals surface area contributed by atoms with Crippen molar-refractivity contribution >= 4 is 17.3 Å². The van der Waals surface area contributed by atoms with Crippen LogP contribution < -0.4 is 24.8 Å². The average molecular weight is 382 g/mol. The van der Waals surface area contributed by atoms with E-state index in [9.17, 15) is 18.0 Å². The standard InChI is InChI=1S/C18H17F3N2O4/c1-11(17(24)23-13-4-7-15-16(8-13)27-10-26-15)22-12-2-5-14(6-3-12)25-9-18(19,20)21/h2-8,11,22H,9-10H2,1H3,(H,23,24). The van der Waals surface area contributed by atoms with Crippen molar-refractivity contribution < 1.29 is 32.2 Å². The second kappa shape index (κ2) is 7.65. The molecule has 6 nitrogen and oxygen atoms in total. The molecule has 0 spiro atoms. The van der Waals surface area contributed by atoms with Crippen molar-refractivity contribution in [3.63, 3.8) is 0 Å². The van der Waals surface area contributed by atoms with Gasteiger partial charge in [-0.1, -0.05) is 0 Å². The first-order chi connectivity index (χ1) is 12.8. The van der Waals surface area contributed by atoms with Gasteiger partial charge in [0.05, 0.1) is 0 Å². The predicted octanol–water partition coefficient (Wildman–Crippen LogP) is 3.80. The number of rotatable bonds is 6. The van der Waals surface area contributed by atoms with Crippen LogP contribution in [0.25, 0.3) is 0 Å². The van der Waals surface area contributed by atoms with Crippen molar-refractivity contribution in [2.45, 2.75) is 19.1 Å². The summed E-state index contributed by atoms with van der Waals surface area (Å²) in [6.45, 7) is 0.456. The molecule has 0 fully saturated rings. The number of anilines is 2. The molecule has 2 N–H and O–H groups in total. The molecule has 1 unspecified atom stereocenters. The van der Waals surface area contributed by atoms with Crippen LogP contribution in [0.1, 0.15) is 6.92 Å². The lowest BCUT2D eigenvalue weighted by atomic mass is 10.2. The molecule has 1 amide bonds. The molecular formula is C18H17F3N2O4. The Kier molecular flexibility index (Phi) is 5.29. The first kappa shape index (κ1) is 18.7. The first-order valence-electron chi connectivity index (χ1n) is 8.07. The first-order valence-corrected chi connectivity index (χ1v) is 8.07. The minimum atomic E-state index is -4.39. The Morgan fingerprint density at radius 1 is 1.11 bits per heavy atom. The number of alkyl halides is 3. The quantitative estimate of drug-likeness (QED) is 0.796. The van der Waals surface area contributed by atoms with E-state index in [2.05, 4.69) is 15.4 Å². The molecule has 9 heteroatoms. The summed E-state index contributed by atoms with van der Waals surface area (Å²) in [6.07, 6.45) is -4.39. The minimum absolute atomic E-state index is 0.0929. The van der Waals surface area contributed by atoms with Gasteiger partial charge in [-0.05, 0) is 43.3 Å². The van der Waals surface area contributed by atoms with E-state index in [1.807, 2.05) is 0 Å². The minimum Gasteiger partial charge on any atom is -0.484 e. The number of halogens is 3. The molecule has 2 aromatic rings. The van der Waals surface area contributed by atoms with Crippen LogP contribution in [-0.4, -0.2) is 31.5 Å². The molecule has 0 saturated heterocycles. The highest BCUT2D eigenvalue weighted by Gasteiger charge is 2.28. The molecule has 1 aliphatic heterocycles. The molecule has 1 heterocycles. The van der Waals surface area contributed by atoms with Crippen LogP contribution in [0.15, 0.2) is 42.5 Å². The van der Waals surface area contributed by atoms with Crippen molar-refractivity contribution in [1.29, 1.82) is 0 Å². The number of benzene rings is 2. The molecule has 144 valence electrons. The summed E-state index contributed by atoms with van der Waals surface area (Å²) in [7, 11) is 0. The number of hydrogen-bond acceptors (Lipinski definition) is 5. The Hall–Kier alpha value is -3.10. The van der Waals surface area contributed by atoms with Crippen LogP contribution in [0.3, 0.4) is 0 Å². The average Bonchev–Trinajstić information content (AvgIpc) is 3.08. The molecule has 1 atom stereocenters. The number of carbonyl (C=O) groups is 1. The number of amides is 1. The Balaban J connectivity index is 1.53. The zero-order valence-corrected chi connectivity index (χ0v) is 14.3. The van der Waals surface area contributed by atoms with Gasteiger partial charge in [0.15, 0.2) is 18.1 Å². The molecule has 27 heavy (non-hydrogen) atoms.